The molecule has 0 spiro atoms. The van der Waals surface area contributed by atoms with Gasteiger partial charge in [-0.3, -0.25) is 5.43 Å². The van der Waals surface area contributed by atoms with Crippen molar-refractivity contribution in [3.05, 3.63) is 65.9 Å². The number of hydrogen-bond acceptors (Lipinski definition) is 5. The van der Waals surface area contributed by atoms with Crippen LogP contribution in [0, 0.1) is 5.92 Å². The monoisotopic (exact) mass is 351 g/mol. The summed E-state index contributed by atoms with van der Waals surface area (Å²) in [5.41, 5.74) is 8.86. The van der Waals surface area contributed by atoms with Crippen molar-refractivity contribution in [3.63, 3.8) is 0 Å². The molecule has 0 bridgehead atoms. The van der Waals surface area contributed by atoms with Gasteiger partial charge >= 0.3 is 0 Å². The van der Waals surface area contributed by atoms with Crippen molar-refractivity contribution in [1.82, 2.24) is 16.2 Å². The van der Waals surface area contributed by atoms with E-state index in [9.17, 15) is 0 Å². The Kier molecular flexibility index (Phi) is 5.20. The van der Waals surface area contributed by atoms with E-state index in [1.54, 1.807) is 7.11 Å². The maximum atomic E-state index is 6.04. The Balaban J connectivity index is 1.32. The van der Waals surface area contributed by atoms with Crippen LogP contribution in [0.5, 0.6) is 5.75 Å². The van der Waals surface area contributed by atoms with E-state index in [-0.39, 0.29) is 6.04 Å². The molecule has 136 valence electrons. The molecule has 5 heteroatoms. The van der Waals surface area contributed by atoms with Gasteiger partial charge in [-0.25, -0.2) is 5.43 Å². The molecule has 0 saturated carbocycles. The highest BCUT2D eigenvalue weighted by Gasteiger charge is 2.30. The smallest absolute Gasteiger partial charge is 0.134 e. The van der Waals surface area contributed by atoms with Crippen LogP contribution >= 0.6 is 0 Å². The van der Waals surface area contributed by atoms with Gasteiger partial charge in [0.2, 0.25) is 0 Å². The lowest BCUT2D eigenvalue weighted by molar-refractivity contribution is 0.379. The minimum absolute atomic E-state index is 0.187. The topological polar surface area (TPSA) is 58.5 Å². The lowest BCUT2D eigenvalue weighted by Gasteiger charge is -2.17. The van der Waals surface area contributed by atoms with E-state index >= 15 is 0 Å². The van der Waals surface area contributed by atoms with Gasteiger partial charge in [0.15, 0.2) is 0 Å². The van der Waals surface area contributed by atoms with Gasteiger partial charge < -0.3 is 14.5 Å². The summed E-state index contributed by atoms with van der Waals surface area (Å²) in [6.45, 7) is 2.80. The van der Waals surface area contributed by atoms with Crippen LogP contribution in [0.4, 0.5) is 0 Å². The third kappa shape index (κ3) is 3.75. The summed E-state index contributed by atoms with van der Waals surface area (Å²) in [5, 5.41) is 4.74. The number of rotatable bonds is 7. The van der Waals surface area contributed by atoms with E-state index in [0.29, 0.717) is 5.92 Å². The predicted molar refractivity (Wildman–Crippen MR) is 103 cm³/mol. The fourth-order valence-electron chi connectivity index (χ4n) is 3.53. The van der Waals surface area contributed by atoms with Crippen molar-refractivity contribution in [2.45, 2.75) is 12.5 Å². The molecule has 1 aliphatic rings. The third-order valence-electron chi connectivity index (χ3n) is 4.98. The first-order valence-electron chi connectivity index (χ1n) is 9.14. The molecule has 1 aliphatic heterocycles. The predicted octanol–water partition coefficient (Wildman–Crippen LogP) is 3.04. The van der Waals surface area contributed by atoms with Crippen LogP contribution in [-0.2, 0) is 6.42 Å². The summed E-state index contributed by atoms with van der Waals surface area (Å²) in [4.78, 5) is 0. The first-order chi connectivity index (χ1) is 12.8. The van der Waals surface area contributed by atoms with Crippen LogP contribution in [-0.4, -0.2) is 26.7 Å². The zero-order valence-corrected chi connectivity index (χ0v) is 15.0. The van der Waals surface area contributed by atoms with Crippen LogP contribution in [0.1, 0.15) is 17.4 Å². The Labute approximate surface area is 153 Å². The average molecular weight is 351 g/mol. The highest BCUT2D eigenvalue weighted by Crippen LogP contribution is 2.29. The largest absolute Gasteiger partial charge is 0.497 e. The van der Waals surface area contributed by atoms with Crippen LogP contribution in [0.15, 0.2) is 59.0 Å². The second kappa shape index (κ2) is 7.91. The van der Waals surface area contributed by atoms with Gasteiger partial charge in [-0.2, -0.15) is 0 Å². The number of benzene rings is 2. The number of hydrazine groups is 1. The molecule has 3 N–H and O–H groups in total. The van der Waals surface area contributed by atoms with Gasteiger partial charge in [0.25, 0.3) is 0 Å². The van der Waals surface area contributed by atoms with Crippen molar-refractivity contribution in [2.24, 2.45) is 5.92 Å². The number of ether oxygens (including phenoxy) is 1. The lowest BCUT2D eigenvalue weighted by atomic mass is 9.99. The quantitative estimate of drug-likeness (QED) is 0.571. The SMILES string of the molecule is COc1cccc(CCNCC2CNNC2c2cc3ccccc3o2)c1. The minimum atomic E-state index is 0.187. The highest BCUT2D eigenvalue weighted by molar-refractivity contribution is 5.77. The molecule has 1 aromatic heterocycles. The first kappa shape index (κ1) is 17.1. The molecule has 4 rings (SSSR count). The van der Waals surface area contributed by atoms with E-state index in [1.165, 1.54) is 5.56 Å². The Morgan fingerprint density at radius 1 is 1.15 bits per heavy atom. The Hall–Kier alpha value is -2.34. The van der Waals surface area contributed by atoms with E-state index in [4.69, 9.17) is 9.15 Å². The zero-order chi connectivity index (χ0) is 17.8. The molecular weight excluding hydrogens is 326 g/mol. The Morgan fingerprint density at radius 3 is 2.96 bits per heavy atom. The van der Waals surface area contributed by atoms with Crippen molar-refractivity contribution in [2.75, 3.05) is 26.7 Å². The highest BCUT2D eigenvalue weighted by atomic mass is 16.5. The van der Waals surface area contributed by atoms with Crippen molar-refractivity contribution in [3.8, 4) is 5.75 Å². The Morgan fingerprint density at radius 2 is 2.08 bits per heavy atom. The first-order valence-corrected chi connectivity index (χ1v) is 9.14. The summed E-state index contributed by atoms with van der Waals surface area (Å²) >= 11 is 0. The van der Waals surface area contributed by atoms with E-state index in [1.807, 2.05) is 30.3 Å². The molecule has 0 radical (unpaired) electrons. The number of hydrogen-bond donors (Lipinski definition) is 3. The van der Waals surface area contributed by atoms with Crippen molar-refractivity contribution in [1.29, 1.82) is 0 Å². The molecule has 3 aromatic rings. The zero-order valence-electron chi connectivity index (χ0n) is 15.0. The number of methoxy groups -OCH3 is 1. The molecule has 1 fully saturated rings. The van der Waals surface area contributed by atoms with Gasteiger partial charge in [-0.05, 0) is 42.8 Å². The second-order valence-corrected chi connectivity index (χ2v) is 6.76. The van der Waals surface area contributed by atoms with Crippen LogP contribution < -0.4 is 20.9 Å². The molecular formula is C21H25N3O2. The lowest BCUT2D eigenvalue weighted by Crippen LogP contribution is -2.29. The summed E-state index contributed by atoms with van der Waals surface area (Å²) in [6, 6.07) is 18.7. The molecule has 1 saturated heterocycles. The van der Waals surface area contributed by atoms with Gasteiger partial charge in [0.1, 0.15) is 17.1 Å². The van der Waals surface area contributed by atoms with Crippen LogP contribution in [0.3, 0.4) is 0 Å². The summed E-state index contributed by atoms with van der Waals surface area (Å²) < 4.78 is 11.3. The maximum absolute atomic E-state index is 6.04. The van der Waals surface area contributed by atoms with E-state index in [0.717, 1.165) is 48.5 Å². The molecule has 2 aromatic carbocycles. The van der Waals surface area contributed by atoms with E-state index in [2.05, 4.69) is 40.4 Å². The van der Waals surface area contributed by atoms with Crippen LogP contribution in [0.2, 0.25) is 0 Å². The van der Waals surface area contributed by atoms with Crippen LogP contribution in [0.25, 0.3) is 11.0 Å². The molecule has 26 heavy (non-hydrogen) atoms. The fourth-order valence-corrected chi connectivity index (χ4v) is 3.53. The molecule has 2 heterocycles. The minimum Gasteiger partial charge on any atom is -0.497 e. The second-order valence-electron chi connectivity index (χ2n) is 6.76. The molecule has 0 amide bonds. The van der Waals surface area contributed by atoms with E-state index < -0.39 is 0 Å². The normalized spacial score (nSPS) is 19.9. The standard InChI is InChI=1S/C21H25N3O2/c1-25-18-7-4-5-15(11-18)9-10-22-13-17-14-23-24-21(17)20-12-16-6-2-3-8-19(16)26-20/h2-8,11-12,17,21-24H,9-10,13-14H2,1H3. The number of para-hydroxylation sites is 1. The number of fused-ring (bicyclic) bond motifs is 1. The van der Waals surface area contributed by atoms with Gasteiger partial charge in [0, 0.05) is 24.4 Å². The van der Waals surface area contributed by atoms with Gasteiger partial charge in [-0.15, -0.1) is 0 Å². The summed E-state index contributed by atoms with van der Waals surface area (Å²) in [6.07, 6.45) is 0.986. The number of furan rings is 1. The summed E-state index contributed by atoms with van der Waals surface area (Å²) in [5.74, 6) is 2.35. The van der Waals surface area contributed by atoms with Crippen molar-refractivity contribution >= 4 is 11.0 Å². The van der Waals surface area contributed by atoms with Gasteiger partial charge in [0.05, 0.1) is 13.2 Å². The molecule has 0 aliphatic carbocycles. The maximum Gasteiger partial charge on any atom is 0.134 e. The third-order valence-corrected chi connectivity index (χ3v) is 4.98. The number of nitrogens with one attached hydrogen (secondary N) is 3. The fraction of sp³-hybridized carbons (Fsp3) is 0.333. The molecule has 2 unspecified atom stereocenters. The molecule has 5 nitrogen and oxygen atoms in total. The average Bonchev–Trinajstić information content (AvgIpc) is 3.31. The summed E-state index contributed by atoms with van der Waals surface area (Å²) in [7, 11) is 1.70. The Bertz CT molecular complexity index is 828. The molecule has 2 atom stereocenters. The van der Waals surface area contributed by atoms with Crippen molar-refractivity contribution < 1.29 is 9.15 Å². The van der Waals surface area contributed by atoms with Gasteiger partial charge in [-0.1, -0.05) is 30.3 Å².